The summed E-state index contributed by atoms with van der Waals surface area (Å²) in [6.45, 7) is 4.01. The zero-order valence-corrected chi connectivity index (χ0v) is 10.3. The van der Waals surface area contributed by atoms with E-state index in [2.05, 4.69) is 0 Å². The molecule has 1 aromatic rings. The summed E-state index contributed by atoms with van der Waals surface area (Å²) >= 11 is 0. The third-order valence-electron chi connectivity index (χ3n) is 3.04. The molecule has 2 rings (SSSR count). The summed E-state index contributed by atoms with van der Waals surface area (Å²) in [5.74, 6) is -0.129. The average molecular weight is 245 g/mol. The highest BCUT2D eigenvalue weighted by Crippen LogP contribution is 2.21. The Morgan fingerprint density at radius 2 is 2.11 bits per heavy atom. The molecule has 1 saturated heterocycles. The van der Waals surface area contributed by atoms with Crippen molar-refractivity contribution in [1.29, 1.82) is 5.26 Å². The number of nitriles is 1. The minimum atomic E-state index is -0.129. The van der Waals surface area contributed by atoms with Crippen LogP contribution in [-0.2, 0) is 4.74 Å². The second kappa shape index (κ2) is 5.07. The van der Waals surface area contributed by atoms with E-state index in [9.17, 15) is 4.79 Å². The Morgan fingerprint density at radius 1 is 1.44 bits per heavy atom. The van der Waals surface area contributed by atoms with Crippen LogP contribution in [0.15, 0.2) is 12.1 Å². The molecule has 0 radical (unpaired) electrons. The fraction of sp³-hybridized carbons (Fsp3) is 0.385. The van der Waals surface area contributed by atoms with Gasteiger partial charge in [0, 0.05) is 18.8 Å². The number of carbonyl (C=O) groups is 1. The van der Waals surface area contributed by atoms with Crippen molar-refractivity contribution in [1.82, 2.24) is 4.90 Å². The van der Waals surface area contributed by atoms with E-state index in [1.807, 2.05) is 6.07 Å². The Morgan fingerprint density at radius 3 is 2.72 bits per heavy atom. The van der Waals surface area contributed by atoms with Gasteiger partial charge < -0.3 is 15.4 Å². The van der Waals surface area contributed by atoms with Crippen LogP contribution in [0.2, 0.25) is 0 Å². The number of amides is 1. The van der Waals surface area contributed by atoms with Crippen LogP contribution in [0.4, 0.5) is 5.69 Å². The van der Waals surface area contributed by atoms with Crippen molar-refractivity contribution in [2.45, 2.75) is 6.92 Å². The number of rotatable bonds is 1. The van der Waals surface area contributed by atoms with Crippen molar-refractivity contribution in [3.05, 3.63) is 28.8 Å². The van der Waals surface area contributed by atoms with Crippen LogP contribution in [0.3, 0.4) is 0 Å². The highest BCUT2D eigenvalue weighted by molar-refractivity contribution is 6.00. The molecule has 0 bridgehead atoms. The number of nitrogens with zero attached hydrogens (tertiary/aromatic N) is 2. The Labute approximate surface area is 106 Å². The lowest BCUT2D eigenvalue weighted by Gasteiger charge is -2.27. The van der Waals surface area contributed by atoms with Crippen LogP contribution in [0, 0.1) is 18.3 Å². The van der Waals surface area contributed by atoms with Crippen molar-refractivity contribution in [3.8, 4) is 6.07 Å². The van der Waals surface area contributed by atoms with Gasteiger partial charge in [0.1, 0.15) is 0 Å². The number of hydrogen-bond donors (Lipinski definition) is 1. The van der Waals surface area contributed by atoms with Crippen LogP contribution in [0.1, 0.15) is 21.5 Å². The van der Waals surface area contributed by atoms with Crippen molar-refractivity contribution in [3.63, 3.8) is 0 Å². The third-order valence-corrected chi connectivity index (χ3v) is 3.04. The number of hydrogen-bond acceptors (Lipinski definition) is 4. The summed E-state index contributed by atoms with van der Waals surface area (Å²) in [5.41, 5.74) is 8.00. The largest absolute Gasteiger partial charge is 0.398 e. The molecule has 2 N–H and O–H groups in total. The maximum atomic E-state index is 12.3. The van der Waals surface area contributed by atoms with E-state index in [1.165, 1.54) is 0 Å². The quantitative estimate of drug-likeness (QED) is 0.746. The van der Waals surface area contributed by atoms with E-state index in [-0.39, 0.29) is 5.91 Å². The first-order valence-corrected chi connectivity index (χ1v) is 5.80. The standard InChI is InChI=1S/C13H15N3O2/c1-9-6-10(8-14)7-11(12(9)15)13(17)16-2-4-18-5-3-16/h6-7H,2-5,15H2,1H3. The predicted octanol–water partition coefficient (Wildman–Crippen LogP) is 0.921. The van der Waals surface area contributed by atoms with E-state index in [0.717, 1.165) is 5.56 Å². The molecule has 94 valence electrons. The number of nitrogens with two attached hydrogens (primary N) is 1. The highest BCUT2D eigenvalue weighted by Gasteiger charge is 2.21. The van der Waals surface area contributed by atoms with Crippen LogP contribution < -0.4 is 5.73 Å². The molecule has 0 aromatic heterocycles. The Balaban J connectivity index is 2.34. The molecule has 5 heteroatoms. The lowest BCUT2D eigenvalue weighted by atomic mass is 10.0. The maximum absolute atomic E-state index is 12.3. The molecule has 1 fully saturated rings. The van der Waals surface area contributed by atoms with Gasteiger partial charge in [0.25, 0.3) is 5.91 Å². The van der Waals surface area contributed by atoms with Gasteiger partial charge in [-0.2, -0.15) is 5.26 Å². The van der Waals surface area contributed by atoms with Gasteiger partial charge in [0.15, 0.2) is 0 Å². The Hall–Kier alpha value is -2.06. The van der Waals surface area contributed by atoms with Gasteiger partial charge in [-0.1, -0.05) is 0 Å². The Kier molecular flexibility index (Phi) is 3.49. The number of nitrogen functional groups attached to an aromatic ring is 1. The molecular formula is C13H15N3O2. The van der Waals surface area contributed by atoms with Gasteiger partial charge in [0.05, 0.1) is 30.4 Å². The average Bonchev–Trinajstić information content (AvgIpc) is 2.42. The topological polar surface area (TPSA) is 79.3 Å². The molecule has 0 spiro atoms. The molecule has 0 aliphatic carbocycles. The van der Waals surface area contributed by atoms with Crippen LogP contribution in [-0.4, -0.2) is 37.1 Å². The van der Waals surface area contributed by atoms with Crippen molar-refractivity contribution in [2.24, 2.45) is 0 Å². The van der Waals surface area contributed by atoms with Crippen LogP contribution >= 0.6 is 0 Å². The van der Waals surface area contributed by atoms with Gasteiger partial charge in [-0.3, -0.25) is 4.79 Å². The minimum Gasteiger partial charge on any atom is -0.398 e. The minimum absolute atomic E-state index is 0.129. The van der Waals surface area contributed by atoms with Crippen LogP contribution in [0.25, 0.3) is 0 Å². The molecule has 1 aliphatic heterocycles. The molecule has 1 heterocycles. The van der Waals surface area contributed by atoms with Gasteiger partial charge in [-0.05, 0) is 24.6 Å². The first-order valence-electron chi connectivity index (χ1n) is 5.80. The smallest absolute Gasteiger partial charge is 0.256 e. The molecule has 1 amide bonds. The fourth-order valence-electron chi connectivity index (χ4n) is 1.98. The molecule has 0 unspecified atom stereocenters. The fourth-order valence-corrected chi connectivity index (χ4v) is 1.98. The van der Waals surface area contributed by atoms with Gasteiger partial charge >= 0.3 is 0 Å². The monoisotopic (exact) mass is 245 g/mol. The lowest BCUT2D eigenvalue weighted by molar-refractivity contribution is 0.0303. The normalized spacial score (nSPS) is 15.2. The van der Waals surface area contributed by atoms with Crippen LogP contribution in [0.5, 0.6) is 0 Å². The summed E-state index contributed by atoms with van der Waals surface area (Å²) in [6, 6.07) is 5.28. The summed E-state index contributed by atoms with van der Waals surface area (Å²) in [6.07, 6.45) is 0. The zero-order chi connectivity index (χ0) is 13.1. The zero-order valence-electron chi connectivity index (χ0n) is 10.3. The molecule has 1 aromatic carbocycles. The first-order chi connectivity index (χ1) is 8.63. The van der Waals surface area contributed by atoms with Gasteiger partial charge in [0.2, 0.25) is 0 Å². The second-order valence-electron chi connectivity index (χ2n) is 4.27. The number of ether oxygens (including phenoxy) is 1. The highest BCUT2D eigenvalue weighted by atomic mass is 16.5. The van der Waals surface area contributed by atoms with Crippen molar-refractivity contribution in [2.75, 3.05) is 32.0 Å². The summed E-state index contributed by atoms with van der Waals surface area (Å²) in [7, 11) is 0. The molecule has 0 atom stereocenters. The lowest BCUT2D eigenvalue weighted by Crippen LogP contribution is -2.41. The van der Waals surface area contributed by atoms with Crippen molar-refractivity contribution >= 4 is 11.6 Å². The van der Waals surface area contributed by atoms with Gasteiger partial charge in [-0.15, -0.1) is 0 Å². The van der Waals surface area contributed by atoms with E-state index >= 15 is 0 Å². The molecule has 0 saturated carbocycles. The number of benzene rings is 1. The molecule has 18 heavy (non-hydrogen) atoms. The number of anilines is 1. The second-order valence-corrected chi connectivity index (χ2v) is 4.27. The van der Waals surface area contributed by atoms with Gasteiger partial charge in [-0.25, -0.2) is 0 Å². The van der Waals surface area contributed by atoms with Crippen molar-refractivity contribution < 1.29 is 9.53 Å². The third kappa shape index (κ3) is 2.29. The van der Waals surface area contributed by atoms with E-state index in [0.29, 0.717) is 43.1 Å². The predicted molar refractivity (Wildman–Crippen MR) is 67.0 cm³/mol. The van der Waals surface area contributed by atoms with E-state index < -0.39 is 0 Å². The van der Waals surface area contributed by atoms with E-state index in [4.69, 9.17) is 15.7 Å². The molecule has 1 aliphatic rings. The summed E-state index contributed by atoms with van der Waals surface area (Å²) < 4.78 is 5.21. The number of carbonyl (C=O) groups excluding carboxylic acids is 1. The number of aryl methyl sites for hydroxylation is 1. The maximum Gasteiger partial charge on any atom is 0.256 e. The summed E-state index contributed by atoms with van der Waals surface area (Å²) in [5, 5.41) is 8.93. The number of morpholine rings is 1. The van der Waals surface area contributed by atoms with E-state index in [1.54, 1.807) is 24.0 Å². The Bertz CT molecular complexity index is 514. The SMILES string of the molecule is Cc1cc(C#N)cc(C(=O)N2CCOCC2)c1N. The summed E-state index contributed by atoms with van der Waals surface area (Å²) in [4.78, 5) is 14.0. The first kappa shape index (κ1) is 12.4. The molecular weight excluding hydrogens is 230 g/mol. The molecule has 5 nitrogen and oxygen atoms in total.